The van der Waals surface area contributed by atoms with Gasteiger partial charge in [0.25, 0.3) is 0 Å². The van der Waals surface area contributed by atoms with E-state index in [1.54, 1.807) is 0 Å². The minimum absolute atomic E-state index is 0.213. The van der Waals surface area contributed by atoms with E-state index < -0.39 is 0 Å². The van der Waals surface area contributed by atoms with Crippen molar-refractivity contribution in [3.05, 3.63) is 423 Å². The van der Waals surface area contributed by atoms with Crippen molar-refractivity contribution < 1.29 is 13.3 Å². The maximum Gasteiger partial charge on any atom is 0.159 e. The average molecular weight is 1510 g/mol. The van der Waals surface area contributed by atoms with Gasteiger partial charge in [-0.1, -0.05) is 329 Å². The Morgan fingerprint density at radius 2 is 0.805 bits per heavy atom. The number of anilines is 3. The molecule has 19 aromatic carbocycles. The second kappa shape index (κ2) is 27.8. The molecule has 23 rings (SSSR count). The van der Waals surface area contributed by atoms with Crippen LogP contribution in [0.4, 0.5) is 17.2 Å². The Morgan fingerprint density at radius 1 is 0.254 bits per heavy atom. The lowest BCUT2D eigenvalue weighted by Crippen LogP contribution is -2.11. The molecule has 0 N–H and O–H groups in total. The molecular weight excluding hydrogens is 1430 g/mol. The number of hydrogen-bond donors (Lipinski definition) is 0. The summed E-state index contributed by atoms with van der Waals surface area (Å²) in [7, 11) is 0. The Balaban J connectivity index is 0.903. The van der Waals surface area contributed by atoms with Crippen LogP contribution in [0.2, 0.25) is 0 Å². The molecule has 4 aromatic heterocycles. The van der Waals surface area contributed by atoms with Crippen molar-refractivity contribution in [2.75, 3.05) is 4.90 Å². The van der Waals surface area contributed by atoms with Crippen LogP contribution in [-0.2, 0) is 0 Å². The SMILES string of the molecule is CC(C)c1ccc2c(c1)oc1c2c(C(c2ccc3cc4ccccc4cc3c2)c2cccc3ccc(-c4ccccc4)cc23)cc2c(-c3ccc(-c4ccccc4)cc3)c(-c3ccccc3)c3c(-c4ccccc4-c4ccccc4)cc4oc5cc(N(c6ccc(-c7ccccc7)cn6)c6cccc7c6oc6ccccc67)ccc5c4c3c21. The van der Waals surface area contributed by atoms with Gasteiger partial charge in [-0.3, -0.25) is 4.90 Å². The maximum atomic E-state index is 8.19. The number of nitrogens with zero attached hydrogens (tertiary/aromatic N) is 2. The summed E-state index contributed by atoms with van der Waals surface area (Å²) in [6.07, 6.45) is 1.97. The lowest BCUT2D eigenvalue weighted by Gasteiger charge is -2.26. The first kappa shape index (κ1) is 68.4. The van der Waals surface area contributed by atoms with Crippen molar-refractivity contribution in [1.82, 2.24) is 4.98 Å². The van der Waals surface area contributed by atoms with Crippen molar-refractivity contribution in [2.24, 2.45) is 0 Å². The molecule has 554 valence electrons. The van der Waals surface area contributed by atoms with Crippen LogP contribution in [0.1, 0.15) is 47.9 Å². The second-order valence-corrected chi connectivity index (χ2v) is 31.7. The molecule has 1 unspecified atom stereocenters. The second-order valence-electron chi connectivity index (χ2n) is 31.7. The van der Waals surface area contributed by atoms with E-state index in [-0.39, 0.29) is 11.8 Å². The third-order valence-electron chi connectivity index (χ3n) is 24.5. The van der Waals surface area contributed by atoms with E-state index >= 15 is 0 Å². The summed E-state index contributed by atoms with van der Waals surface area (Å²) in [5.74, 6) is 0.558. The van der Waals surface area contributed by atoms with Crippen LogP contribution in [-0.4, -0.2) is 4.98 Å². The number of pyridine rings is 1. The van der Waals surface area contributed by atoms with E-state index in [0.717, 1.165) is 188 Å². The molecule has 0 radical (unpaired) electrons. The predicted octanol–water partition coefficient (Wildman–Crippen LogP) is 32.0. The average Bonchev–Trinajstić information content (AvgIpc) is 1.44. The summed E-state index contributed by atoms with van der Waals surface area (Å²) in [6, 6.07) is 145. The highest BCUT2D eigenvalue weighted by Crippen LogP contribution is 2.58. The molecule has 0 bridgehead atoms. The first-order valence-corrected chi connectivity index (χ1v) is 40.7. The van der Waals surface area contributed by atoms with Gasteiger partial charge in [-0.05, 0) is 216 Å². The van der Waals surface area contributed by atoms with Gasteiger partial charge < -0.3 is 13.3 Å². The van der Waals surface area contributed by atoms with Crippen LogP contribution in [0.5, 0.6) is 0 Å². The van der Waals surface area contributed by atoms with Gasteiger partial charge in [-0.2, -0.15) is 0 Å². The zero-order chi connectivity index (χ0) is 78.1. The van der Waals surface area contributed by atoms with Gasteiger partial charge in [0.1, 0.15) is 33.7 Å². The van der Waals surface area contributed by atoms with Gasteiger partial charge in [0, 0.05) is 66.8 Å². The molecule has 0 fully saturated rings. The molecular formula is C113H74N2O3. The molecule has 0 saturated heterocycles. The van der Waals surface area contributed by atoms with E-state index in [1.807, 2.05) is 24.4 Å². The number of fused-ring (bicyclic) bond motifs is 17. The molecule has 1 atom stereocenters. The molecule has 118 heavy (non-hydrogen) atoms. The van der Waals surface area contributed by atoms with Gasteiger partial charge in [0.2, 0.25) is 0 Å². The van der Waals surface area contributed by atoms with E-state index in [0.29, 0.717) is 5.58 Å². The highest BCUT2D eigenvalue weighted by molar-refractivity contribution is 6.40. The largest absolute Gasteiger partial charge is 0.456 e. The minimum Gasteiger partial charge on any atom is -0.456 e. The molecule has 0 saturated carbocycles. The zero-order valence-electron chi connectivity index (χ0n) is 64.9. The molecule has 5 nitrogen and oxygen atoms in total. The number of aromatic nitrogens is 1. The Hall–Kier alpha value is -15.2. The van der Waals surface area contributed by atoms with Gasteiger partial charge >= 0.3 is 0 Å². The van der Waals surface area contributed by atoms with Crippen LogP contribution >= 0.6 is 0 Å². The smallest absolute Gasteiger partial charge is 0.159 e. The molecule has 0 aliphatic heterocycles. The standard InChI is InChI=1S/C113H74N2O3/c1-69(2)78-54-57-92-100(64-78)118-113-107(92)96(104(83-53-52-81-60-79-36-18-19-37-80(79)61-85(81)62-83)90-42-24-38-75-48-51-82(63-94(75)90)71-28-10-4-11-29-71)66-97-105(77-49-46-73(47-50-77)70-26-8-3-9-27-70)106(76-34-16-7-17-35-76)109-95(88-40-21-20-39-87(88)74-32-14-6-15-33-74)67-102-108(111(109)110(97)113)93-58-56-86(65-101(93)116-102)115(103-59-55-84(68-114-103)72-30-12-5-13-31-72)98-44-25-43-91-89-41-22-23-45-99(89)117-112(91)98/h3-69,104H,1-2H3. The number of hydrogen-bond acceptors (Lipinski definition) is 5. The summed E-state index contributed by atoms with van der Waals surface area (Å²) >= 11 is 0. The summed E-state index contributed by atoms with van der Waals surface area (Å²) < 4.78 is 23.0. The highest BCUT2D eigenvalue weighted by Gasteiger charge is 2.34. The molecule has 4 heterocycles. The zero-order valence-corrected chi connectivity index (χ0v) is 64.9. The third kappa shape index (κ3) is 11.3. The van der Waals surface area contributed by atoms with E-state index in [2.05, 4.69) is 395 Å². The first-order chi connectivity index (χ1) is 58.3. The van der Waals surface area contributed by atoms with Crippen molar-refractivity contribution in [3.63, 3.8) is 0 Å². The normalized spacial score (nSPS) is 12.2. The fraction of sp³-hybridized carbons (Fsp3) is 0.0354. The Morgan fingerprint density at radius 3 is 1.54 bits per heavy atom. The predicted molar refractivity (Wildman–Crippen MR) is 494 cm³/mol. The van der Waals surface area contributed by atoms with Crippen LogP contribution in [0.15, 0.2) is 414 Å². The topological polar surface area (TPSA) is 55.6 Å². The highest BCUT2D eigenvalue weighted by atomic mass is 16.3. The molecule has 0 amide bonds. The molecule has 0 spiro atoms. The monoisotopic (exact) mass is 1510 g/mol. The molecule has 0 aliphatic rings. The third-order valence-corrected chi connectivity index (χ3v) is 24.5. The molecule has 23 aromatic rings. The first-order valence-electron chi connectivity index (χ1n) is 40.7. The maximum absolute atomic E-state index is 8.19. The molecule has 0 aliphatic carbocycles. The molecule has 5 heteroatoms. The summed E-state index contributed by atoms with van der Waals surface area (Å²) in [4.78, 5) is 7.58. The number of para-hydroxylation sites is 2. The number of rotatable bonds is 14. The van der Waals surface area contributed by atoms with E-state index in [1.165, 1.54) is 43.6 Å². The van der Waals surface area contributed by atoms with Crippen LogP contribution in [0.3, 0.4) is 0 Å². The van der Waals surface area contributed by atoms with Gasteiger partial charge in [-0.25, -0.2) is 4.98 Å². The number of furan rings is 3. The fourth-order valence-electron chi connectivity index (χ4n) is 19.0. The van der Waals surface area contributed by atoms with Crippen LogP contribution in [0.25, 0.3) is 198 Å². The Labute approximate surface area is 681 Å². The summed E-state index contributed by atoms with van der Waals surface area (Å²) in [5, 5.41) is 17.3. The van der Waals surface area contributed by atoms with Crippen molar-refractivity contribution in [1.29, 1.82) is 0 Å². The van der Waals surface area contributed by atoms with Crippen molar-refractivity contribution in [3.8, 4) is 77.9 Å². The summed E-state index contributed by atoms with van der Waals surface area (Å²) in [5.41, 5.74) is 26.3. The Bertz CT molecular complexity index is 7920. The van der Waals surface area contributed by atoms with Crippen LogP contribution in [0, 0.1) is 0 Å². The van der Waals surface area contributed by atoms with E-state index in [9.17, 15) is 0 Å². The number of benzene rings is 19. The van der Waals surface area contributed by atoms with Gasteiger partial charge in [0.15, 0.2) is 5.58 Å². The van der Waals surface area contributed by atoms with Crippen molar-refractivity contribution >= 4 is 137 Å². The van der Waals surface area contributed by atoms with Crippen LogP contribution < -0.4 is 4.90 Å². The van der Waals surface area contributed by atoms with Gasteiger partial charge in [0.05, 0.1) is 11.4 Å². The van der Waals surface area contributed by atoms with E-state index in [4.69, 9.17) is 18.2 Å². The minimum atomic E-state index is -0.373. The summed E-state index contributed by atoms with van der Waals surface area (Å²) in [6.45, 7) is 4.55. The Kier molecular flexibility index (Phi) is 16.1. The van der Waals surface area contributed by atoms with Gasteiger partial charge in [-0.15, -0.1) is 0 Å². The lowest BCUT2D eigenvalue weighted by atomic mass is 9.76. The van der Waals surface area contributed by atoms with Crippen molar-refractivity contribution in [2.45, 2.75) is 25.7 Å². The lowest BCUT2D eigenvalue weighted by molar-refractivity contribution is 0.667. The quantitative estimate of drug-likeness (QED) is 0.0617. The fourth-order valence-corrected chi connectivity index (χ4v) is 19.0.